The van der Waals surface area contributed by atoms with Gasteiger partial charge in [0.05, 0.1) is 5.60 Å². The molecule has 0 spiro atoms. The highest BCUT2D eigenvalue weighted by Crippen LogP contribution is 2.38. The molecule has 0 amide bonds. The zero-order valence-electron chi connectivity index (χ0n) is 12.1. The van der Waals surface area contributed by atoms with E-state index in [1.807, 2.05) is 19.1 Å². The first-order valence-corrected chi connectivity index (χ1v) is 7.13. The van der Waals surface area contributed by atoms with E-state index in [0.717, 1.165) is 31.6 Å². The van der Waals surface area contributed by atoms with Gasteiger partial charge in [0, 0.05) is 19.2 Å². The van der Waals surface area contributed by atoms with E-state index < -0.39 is 0 Å². The molecule has 0 aromatic heterocycles. The number of ether oxygens (including phenoxy) is 1. The molecule has 1 aromatic rings. The molecule has 1 aromatic carbocycles. The van der Waals surface area contributed by atoms with Gasteiger partial charge in [0.1, 0.15) is 5.82 Å². The Kier molecular flexibility index (Phi) is 4.58. The zero-order chi connectivity index (χ0) is 13.9. The molecule has 106 valence electrons. The van der Waals surface area contributed by atoms with E-state index in [1.54, 1.807) is 12.1 Å². The van der Waals surface area contributed by atoms with Gasteiger partial charge in [-0.05, 0) is 51.2 Å². The minimum Gasteiger partial charge on any atom is -0.375 e. The summed E-state index contributed by atoms with van der Waals surface area (Å²) in [6.45, 7) is 7.78. The van der Waals surface area contributed by atoms with Crippen LogP contribution >= 0.6 is 0 Å². The summed E-state index contributed by atoms with van der Waals surface area (Å²) in [6.07, 6.45) is 2.03. The number of rotatable bonds is 6. The number of halogens is 1. The fourth-order valence-electron chi connectivity index (χ4n) is 2.68. The average Bonchev–Trinajstić information content (AvgIpc) is 2.29. The van der Waals surface area contributed by atoms with E-state index in [9.17, 15) is 4.39 Å². The maximum absolute atomic E-state index is 13.6. The number of hydrogen-bond donors (Lipinski definition) is 1. The molecule has 3 heteroatoms. The molecule has 0 aliphatic heterocycles. The minimum absolute atomic E-state index is 0.0689. The second-order valence-electron chi connectivity index (χ2n) is 5.96. The van der Waals surface area contributed by atoms with Gasteiger partial charge in [-0.25, -0.2) is 4.39 Å². The molecule has 1 N–H and O–H groups in total. The van der Waals surface area contributed by atoms with Crippen LogP contribution in [0, 0.1) is 5.82 Å². The van der Waals surface area contributed by atoms with E-state index in [0.29, 0.717) is 12.0 Å². The largest absolute Gasteiger partial charge is 0.375 e. The Morgan fingerprint density at radius 2 is 2.00 bits per heavy atom. The first-order chi connectivity index (χ1) is 9.02. The second-order valence-corrected chi connectivity index (χ2v) is 5.96. The quantitative estimate of drug-likeness (QED) is 0.850. The van der Waals surface area contributed by atoms with Crippen LogP contribution in [0.1, 0.15) is 45.1 Å². The van der Waals surface area contributed by atoms with Crippen molar-refractivity contribution in [1.82, 2.24) is 5.32 Å². The van der Waals surface area contributed by atoms with Gasteiger partial charge in [0.15, 0.2) is 0 Å². The molecule has 1 aliphatic rings. The Balaban J connectivity index is 1.77. The average molecular weight is 265 g/mol. The predicted octanol–water partition coefficient (Wildman–Crippen LogP) is 3.48. The highest BCUT2D eigenvalue weighted by atomic mass is 19.1. The van der Waals surface area contributed by atoms with Gasteiger partial charge < -0.3 is 10.1 Å². The minimum atomic E-state index is -0.127. The molecule has 0 atom stereocenters. The van der Waals surface area contributed by atoms with E-state index in [-0.39, 0.29) is 11.4 Å². The lowest BCUT2D eigenvalue weighted by molar-refractivity contribution is -0.0128. The molecule has 0 saturated heterocycles. The van der Waals surface area contributed by atoms with Crippen molar-refractivity contribution in [2.24, 2.45) is 0 Å². The van der Waals surface area contributed by atoms with Crippen molar-refractivity contribution in [3.05, 3.63) is 35.6 Å². The molecule has 2 rings (SSSR count). The summed E-state index contributed by atoms with van der Waals surface area (Å²) >= 11 is 0. The third kappa shape index (κ3) is 3.77. The van der Waals surface area contributed by atoms with Crippen molar-refractivity contribution >= 4 is 0 Å². The fraction of sp³-hybridized carbons (Fsp3) is 0.625. The Labute approximate surface area is 115 Å². The molecule has 19 heavy (non-hydrogen) atoms. The van der Waals surface area contributed by atoms with E-state index in [1.165, 1.54) is 0 Å². The smallest absolute Gasteiger partial charge is 0.126 e. The van der Waals surface area contributed by atoms with Crippen LogP contribution < -0.4 is 5.32 Å². The third-order valence-corrected chi connectivity index (χ3v) is 3.83. The molecule has 2 nitrogen and oxygen atoms in total. The standard InChI is InChI=1S/C16H24FNO/c1-4-19-16(2,3)11-18-13-9-12(10-13)14-7-5-6-8-15(14)17/h5-8,12-13,18H,4,9-11H2,1-3H3. The van der Waals surface area contributed by atoms with Crippen LogP contribution in [0.4, 0.5) is 4.39 Å². The maximum atomic E-state index is 13.6. The van der Waals surface area contributed by atoms with Gasteiger partial charge in [-0.15, -0.1) is 0 Å². The van der Waals surface area contributed by atoms with Gasteiger partial charge >= 0.3 is 0 Å². The van der Waals surface area contributed by atoms with Crippen molar-refractivity contribution < 1.29 is 9.13 Å². The number of nitrogens with one attached hydrogen (secondary N) is 1. The fourth-order valence-corrected chi connectivity index (χ4v) is 2.68. The van der Waals surface area contributed by atoms with E-state index in [4.69, 9.17) is 4.74 Å². The molecule has 0 radical (unpaired) electrons. The van der Waals surface area contributed by atoms with Crippen LogP contribution in [0.25, 0.3) is 0 Å². The van der Waals surface area contributed by atoms with Gasteiger partial charge in [-0.3, -0.25) is 0 Å². The Morgan fingerprint density at radius 3 is 2.63 bits per heavy atom. The van der Waals surface area contributed by atoms with Gasteiger partial charge in [-0.1, -0.05) is 18.2 Å². The summed E-state index contributed by atoms with van der Waals surface area (Å²) in [5.41, 5.74) is 0.738. The van der Waals surface area contributed by atoms with Crippen LogP contribution in [0.3, 0.4) is 0 Å². The van der Waals surface area contributed by atoms with E-state index >= 15 is 0 Å². The molecule has 0 unspecified atom stereocenters. The summed E-state index contributed by atoms with van der Waals surface area (Å²) in [5, 5.41) is 3.52. The van der Waals surface area contributed by atoms with Crippen LogP contribution in [-0.4, -0.2) is 24.8 Å². The number of hydrogen-bond acceptors (Lipinski definition) is 2. The highest BCUT2D eigenvalue weighted by molar-refractivity contribution is 5.24. The Morgan fingerprint density at radius 1 is 1.32 bits per heavy atom. The lowest BCUT2D eigenvalue weighted by atomic mass is 9.75. The molecule has 1 saturated carbocycles. The van der Waals surface area contributed by atoms with Crippen LogP contribution in [0.15, 0.2) is 24.3 Å². The highest BCUT2D eigenvalue weighted by Gasteiger charge is 2.32. The summed E-state index contributed by atoms with van der Waals surface area (Å²) in [7, 11) is 0. The molecular weight excluding hydrogens is 241 g/mol. The van der Waals surface area contributed by atoms with Crippen molar-refractivity contribution in [3.8, 4) is 0 Å². The topological polar surface area (TPSA) is 21.3 Å². The molecular formula is C16H24FNO. The van der Waals surface area contributed by atoms with Crippen molar-refractivity contribution in [3.63, 3.8) is 0 Å². The van der Waals surface area contributed by atoms with Gasteiger partial charge in [0.25, 0.3) is 0 Å². The van der Waals surface area contributed by atoms with Crippen LogP contribution in [0.2, 0.25) is 0 Å². The normalized spacial score (nSPS) is 23.2. The summed E-state index contributed by atoms with van der Waals surface area (Å²) < 4.78 is 19.3. The first-order valence-electron chi connectivity index (χ1n) is 7.13. The van der Waals surface area contributed by atoms with Crippen LogP contribution in [-0.2, 0) is 4.74 Å². The third-order valence-electron chi connectivity index (χ3n) is 3.83. The monoisotopic (exact) mass is 265 g/mol. The van der Waals surface area contributed by atoms with Gasteiger partial charge in [-0.2, -0.15) is 0 Å². The Hall–Kier alpha value is -0.930. The predicted molar refractivity (Wildman–Crippen MR) is 75.9 cm³/mol. The molecule has 0 bridgehead atoms. The van der Waals surface area contributed by atoms with Crippen molar-refractivity contribution in [1.29, 1.82) is 0 Å². The molecule has 1 aliphatic carbocycles. The first kappa shape index (κ1) is 14.5. The lowest BCUT2D eigenvalue weighted by Crippen LogP contribution is -2.47. The SMILES string of the molecule is CCOC(C)(C)CNC1CC(c2ccccc2F)C1. The molecule has 0 heterocycles. The zero-order valence-corrected chi connectivity index (χ0v) is 12.1. The Bertz CT molecular complexity index is 413. The van der Waals surface area contributed by atoms with Crippen molar-refractivity contribution in [2.45, 2.75) is 51.2 Å². The second kappa shape index (κ2) is 6.02. The number of benzene rings is 1. The summed E-state index contributed by atoms with van der Waals surface area (Å²) in [5.74, 6) is 0.300. The summed E-state index contributed by atoms with van der Waals surface area (Å²) in [4.78, 5) is 0. The molecule has 1 fully saturated rings. The van der Waals surface area contributed by atoms with Crippen LogP contribution in [0.5, 0.6) is 0 Å². The maximum Gasteiger partial charge on any atom is 0.126 e. The van der Waals surface area contributed by atoms with E-state index in [2.05, 4.69) is 19.2 Å². The van der Waals surface area contributed by atoms with Gasteiger partial charge in [0.2, 0.25) is 0 Å². The lowest BCUT2D eigenvalue weighted by Gasteiger charge is -2.38. The van der Waals surface area contributed by atoms with Crippen molar-refractivity contribution in [2.75, 3.05) is 13.2 Å². The summed E-state index contributed by atoms with van der Waals surface area (Å²) in [6, 6.07) is 7.61.